The van der Waals surface area contributed by atoms with Crippen LogP contribution in [0.2, 0.25) is 0 Å². The number of esters is 1. The normalized spacial score (nSPS) is 17.0. The van der Waals surface area contributed by atoms with Gasteiger partial charge < -0.3 is 29.7 Å². The number of pyridine rings is 1. The lowest BCUT2D eigenvalue weighted by atomic mass is 9.77. The highest BCUT2D eigenvalue weighted by molar-refractivity contribution is 8.01. The minimum absolute atomic E-state index is 0.0210. The molecule has 0 unspecified atom stereocenters. The molecule has 3 aliphatic rings. The number of amides is 3. The van der Waals surface area contributed by atoms with Crippen molar-refractivity contribution >= 4 is 69.6 Å². The Labute approximate surface area is 443 Å². The summed E-state index contributed by atoms with van der Waals surface area (Å²) in [6.07, 6.45) is 7.15. The Balaban J connectivity index is 0.939. The molecule has 4 heterocycles. The molecule has 2 atom stereocenters. The van der Waals surface area contributed by atoms with Gasteiger partial charge in [0.2, 0.25) is 12.4 Å². The van der Waals surface area contributed by atoms with Gasteiger partial charge in [0.1, 0.15) is 53.4 Å². The first kappa shape index (κ1) is 51.7. The number of oxime groups is 1. The van der Waals surface area contributed by atoms with Gasteiger partial charge in [-0.2, -0.15) is 0 Å². The van der Waals surface area contributed by atoms with Gasteiger partial charge in [-0.1, -0.05) is 131 Å². The molecule has 15 nitrogen and oxygen atoms in total. The van der Waals surface area contributed by atoms with Crippen LogP contribution in [-0.4, -0.2) is 88.3 Å². The third-order valence-corrected chi connectivity index (χ3v) is 16.0. The number of nitrogens with zero attached hydrogens (tertiary/aromatic N) is 5. The van der Waals surface area contributed by atoms with E-state index in [9.17, 15) is 19.2 Å². The fourth-order valence-electron chi connectivity index (χ4n) is 9.31. The zero-order valence-electron chi connectivity index (χ0n) is 41.8. The zero-order valence-corrected chi connectivity index (χ0v) is 44.2. The molecule has 18 heteroatoms. The maximum atomic E-state index is 14.3. The van der Waals surface area contributed by atoms with E-state index in [1.165, 1.54) is 46.9 Å². The summed E-state index contributed by atoms with van der Waals surface area (Å²) in [5, 5.41) is 14.1. The van der Waals surface area contributed by atoms with Crippen LogP contribution in [-0.2, 0) is 40.8 Å². The van der Waals surface area contributed by atoms with E-state index < -0.39 is 46.4 Å². The Morgan fingerprint density at radius 2 is 1.46 bits per heavy atom. The van der Waals surface area contributed by atoms with E-state index in [0.29, 0.717) is 28.0 Å². The fraction of sp³-hybridized carbons (Fsp3) is 0.304. The number of aromatic nitrogens is 2. The number of carbonyl (C=O) groups is 4. The van der Waals surface area contributed by atoms with E-state index >= 15 is 0 Å². The molecule has 6 aromatic rings. The van der Waals surface area contributed by atoms with Gasteiger partial charge in [-0.15, -0.1) is 34.9 Å². The highest BCUT2D eigenvalue weighted by atomic mass is 32.2. The number of thioether (sulfide) groups is 2. The van der Waals surface area contributed by atoms with Gasteiger partial charge in [0, 0.05) is 33.9 Å². The lowest BCUT2D eigenvalue weighted by molar-refractivity contribution is -0.688. The summed E-state index contributed by atoms with van der Waals surface area (Å²) in [7, 11) is 2.92. The predicted molar refractivity (Wildman–Crippen MR) is 287 cm³/mol. The summed E-state index contributed by atoms with van der Waals surface area (Å²) in [5.74, 6) is -0.388. The van der Waals surface area contributed by atoms with Crippen LogP contribution in [0.3, 0.4) is 0 Å². The van der Waals surface area contributed by atoms with Crippen molar-refractivity contribution in [2.45, 2.75) is 86.6 Å². The van der Waals surface area contributed by atoms with E-state index in [1.54, 1.807) is 34.3 Å². The standard InChI is InChI=1S/C56H57N7O8S3/c1-55(2,3)71-54(67)63(42-23-15-16-24-42)61-31-29-44(30-32-61)72-34-38-35-73-51-47(50(65)62(51)48(38)52(66)70-33-37-25-27-43(68-4)28-26-37)58-49(64)46(60-69-5)45-36-74-53(57-45)59-56(39-17-9-6-10-18-39,40-19-11-7-12-20-40)41-21-13-8-14-22-41/h6-14,17-22,25-32,36,42,47,51H,15-16,23-24,33-35H2,1-5H3,(H-,57,58,59,64)/p+1/b60-46-/t47-,51-/m1/s1. The molecule has 1 saturated carbocycles. The number of methoxy groups -OCH3 is 1. The monoisotopic (exact) mass is 1050 g/mol. The van der Waals surface area contributed by atoms with Crippen molar-refractivity contribution < 1.29 is 42.9 Å². The molecule has 3 amide bonds. The number of ether oxygens (including phenoxy) is 3. The minimum Gasteiger partial charge on any atom is -0.497 e. The van der Waals surface area contributed by atoms with Crippen molar-refractivity contribution in [3.05, 3.63) is 184 Å². The van der Waals surface area contributed by atoms with Gasteiger partial charge in [-0.3, -0.25) is 14.5 Å². The van der Waals surface area contributed by atoms with Crippen LogP contribution in [0.15, 0.2) is 166 Å². The molecule has 2 N–H and O–H groups in total. The van der Waals surface area contributed by atoms with Crippen molar-refractivity contribution in [3.63, 3.8) is 0 Å². The van der Waals surface area contributed by atoms with Crippen LogP contribution in [0.4, 0.5) is 9.93 Å². The van der Waals surface area contributed by atoms with Gasteiger partial charge in [0.15, 0.2) is 10.8 Å². The van der Waals surface area contributed by atoms with Gasteiger partial charge in [-0.05, 0) is 73.6 Å². The minimum atomic E-state index is -0.997. The molecule has 0 bridgehead atoms. The first-order valence-electron chi connectivity index (χ1n) is 24.3. The number of β-lactam (4-membered cyclic amide) rings is 1. The molecule has 4 aromatic carbocycles. The van der Waals surface area contributed by atoms with Gasteiger partial charge >= 0.3 is 12.1 Å². The van der Waals surface area contributed by atoms with Gasteiger partial charge in [0.25, 0.3) is 11.8 Å². The highest BCUT2D eigenvalue weighted by Gasteiger charge is 2.55. The number of hydrogen-bond donors (Lipinski definition) is 2. The first-order chi connectivity index (χ1) is 35.9. The van der Waals surface area contributed by atoms with E-state index in [1.807, 2.05) is 112 Å². The van der Waals surface area contributed by atoms with Gasteiger partial charge in [0.05, 0.1) is 13.2 Å². The van der Waals surface area contributed by atoms with Crippen LogP contribution in [0.5, 0.6) is 5.75 Å². The predicted octanol–water partition coefficient (Wildman–Crippen LogP) is 9.20. The highest BCUT2D eigenvalue weighted by Crippen LogP contribution is 2.43. The molecule has 1 aliphatic carbocycles. The molecule has 2 aromatic heterocycles. The third kappa shape index (κ3) is 11.3. The SMILES string of the molecule is CO/N=C(\C(=O)N[C@@H]1C(=O)N2C(C(=O)OCc3ccc(OC)cc3)=C(CSc3cc[n+](N(C(=O)OC(C)(C)C)C4CCCC4)cc3)CS[C@H]12)c1csc(NC(c2ccccc2)(c2ccccc2)c2ccccc2)n1. The molecule has 2 fully saturated rings. The van der Waals surface area contributed by atoms with Crippen LogP contribution in [0.1, 0.15) is 74.4 Å². The van der Waals surface area contributed by atoms with Gasteiger partial charge in [-0.25, -0.2) is 14.6 Å². The number of benzene rings is 4. The molecular weight excluding hydrogens is 995 g/mol. The number of rotatable bonds is 18. The second-order valence-electron chi connectivity index (χ2n) is 18.8. The number of carbonyl (C=O) groups excluding carboxylic acids is 4. The Morgan fingerprint density at radius 1 is 0.851 bits per heavy atom. The van der Waals surface area contributed by atoms with E-state index in [-0.39, 0.29) is 29.8 Å². The smallest absolute Gasteiger partial charge is 0.464 e. The Morgan fingerprint density at radius 3 is 2.03 bits per heavy atom. The van der Waals surface area contributed by atoms with Crippen molar-refractivity contribution in [3.8, 4) is 5.75 Å². The second kappa shape index (κ2) is 22.9. The molecule has 74 heavy (non-hydrogen) atoms. The molecular formula is C56H58N7O8S3+. The van der Waals surface area contributed by atoms with Crippen LogP contribution >= 0.6 is 34.9 Å². The largest absolute Gasteiger partial charge is 0.497 e. The topological polar surface area (TPSA) is 165 Å². The Hall–Kier alpha value is -7.15. The average Bonchev–Trinajstić information content (AvgIpc) is 4.13. The van der Waals surface area contributed by atoms with Crippen LogP contribution < -0.4 is 25.1 Å². The number of hydrogen-bond acceptors (Lipinski definition) is 14. The average molecular weight is 1050 g/mol. The lowest BCUT2D eigenvalue weighted by Gasteiger charge is -2.49. The maximum Gasteiger partial charge on any atom is 0.464 e. The summed E-state index contributed by atoms with van der Waals surface area (Å²) in [6.45, 7) is 5.53. The van der Waals surface area contributed by atoms with Crippen molar-refractivity contribution in [2.75, 3.05) is 36.1 Å². The molecule has 0 radical (unpaired) electrons. The van der Waals surface area contributed by atoms with Crippen molar-refractivity contribution in [1.82, 2.24) is 15.2 Å². The summed E-state index contributed by atoms with van der Waals surface area (Å²) < 4.78 is 18.8. The molecule has 9 rings (SSSR count). The van der Waals surface area contributed by atoms with Crippen molar-refractivity contribution in [1.29, 1.82) is 0 Å². The number of nitrogens with one attached hydrogen (secondary N) is 2. The zero-order chi connectivity index (χ0) is 51.8. The Kier molecular flexibility index (Phi) is 16.0. The Bertz CT molecular complexity index is 2900. The molecule has 2 aliphatic heterocycles. The number of thiazole rings is 1. The number of fused-ring (bicyclic) bond motifs is 1. The molecule has 0 spiro atoms. The first-order valence-corrected chi connectivity index (χ1v) is 27.2. The maximum absolute atomic E-state index is 14.3. The molecule has 382 valence electrons. The lowest BCUT2D eigenvalue weighted by Crippen LogP contribution is -2.71. The number of anilines is 1. The van der Waals surface area contributed by atoms with E-state index in [2.05, 4.69) is 52.2 Å². The quantitative estimate of drug-likeness (QED) is 0.0160. The fourth-order valence-corrected chi connectivity index (χ4v) is 12.4. The third-order valence-electron chi connectivity index (χ3n) is 12.8. The van der Waals surface area contributed by atoms with Crippen LogP contribution in [0.25, 0.3) is 0 Å². The van der Waals surface area contributed by atoms with E-state index in [0.717, 1.165) is 52.8 Å². The molecule has 1 saturated heterocycles. The van der Waals surface area contributed by atoms with Crippen molar-refractivity contribution in [2.24, 2.45) is 5.16 Å². The summed E-state index contributed by atoms with van der Waals surface area (Å²) in [4.78, 5) is 68.7. The summed E-state index contributed by atoms with van der Waals surface area (Å²) >= 11 is 4.25. The summed E-state index contributed by atoms with van der Waals surface area (Å²) in [6, 6.07) is 40.3. The van der Waals surface area contributed by atoms with Crippen LogP contribution in [0, 0.1) is 0 Å². The second-order valence-corrected chi connectivity index (χ2v) is 21.8. The van der Waals surface area contributed by atoms with E-state index in [4.69, 9.17) is 24.0 Å². The summed E-state index contributed by atoms with van der Waals surface area (Å²) in [5.41, 5.74) is 3.12.